The third kappa shape index (κ3) is 9.28. The molecule has 4 heteroatoms. The quantitative estimate of drug-likeness (QED) is 0.556. The summed E-state index contributed by atoms with van der Waals surface area (Å²) < 4.78 is 0. The van der Waals surface area contributed by atoms with Gasteiger partial charge in [-0.15, -0.1) is 0 Å². The van der Waals surface area contributed by atoms with Crippen molar-refractivity contribution in [1.82, 2.24) is 0 Å². The van der Waals surface area contributed by atoms with E-state index in [4.69, 9.17) is 0 Å². The van der Waals surface area contributed by atoms with Crippen molar-refractivity contribution in [2.75, 3.05) is 0 Å². The van der Waals surface area contributed by atoms with Gasteiger partial charge in [0.1, 0.15) is 0 Å². The fourth-order valence-electron chi connectivity index (χ4n) is 0. The molecule has 0 saturated carbocycles. The van der Waals surface area contributed by atoms with E-state index in [-0.39, 0.29) is 62.0 Å². The number of hydrogen-bond acceptors (Lipinski definition) is 0. The molecule has 0 aliphatic rings. The molecule has 4 heavy (non-hydrogen) atoms. The van der Waals surface area contributed by atoms with Gasteiger partial charge in [0.2, 0.25) is 0 Å². The summed E-state index contributed by atoms with van der Waals surface area (Å²) in [4.78, 5) is 0. The monoisotopic (exact) mass is 325 g/mol. The summed E-state index contributed by atoms with van der Waals surface area (Å²) in [6.45, 7) is 0. The smallest absolute Gasteiger partial charge is 2.00 e. The first-order valence-electron chi connectivity index (χ1n) is 0. The van der Waals surface area contributed by atoms with Gasteiger partial charge in [-0.3, -0.25) is 0 Å². The van der Waals surface area contributed by atoms with E-state index in [0.29, 0.717) is 0 Å². The van der Waals surface area contributed by atoms with Gasteiger partial charge < -0.3 is 5.48 Å². The molecule has 0 aromatic rings. The Labute approximate surface area is 61.7 Å². The van der Waals surface area contributed by atoms with Crippen LogP contribution in [-0.2, 0) is 62.0 Å². The van der Waals surface area contributed by atoms with Crippen LogP contribution in [0.15, 0.2) is 0 Å². The van der Waals surface area contributed by atoms with Gasteiger partial charge in [-0.1, -0.05) is 0 Å². The van der Waals surface area contributed by atoms with Crippen LogP contribution < -0.4 is 0 Å². The van der Waals surface area contributed by atoms with Gasteiger partial charge in [0.15, 0.2) is 0 Å². The molecule has 29 valence electrons. The summed E-state index contributed by atoms with van der Waals surface area (Å²) in [5.41, 5.74) is 0. The van der Waals surface area contributed by atoms with Crippen LogP contribution in [0.1, 0.15) is 0 Å². The minimum absolute atomic E-state index is 0. The van der Waals surface area contributed by atoms with Crippen molar-refractivity contribution in [2.24, 2.45) is 0 Å². The van der Waals surface area contributed by atoms with E-state index in [1.54, 1.807) is 0 Å². The molecule has 0 bridgehead atoms. The van der Waals surface area contributed by atoms with E-state index >= 15 is 0 Å². The largest absolute Gasteiger partial charge is 3.00 e. The Morgan fingerprint density at radius 2 is 1.00 bits per heavy atom. The predicted octanol–water partition coefficient (Wildman–Crippen LogP) is -0.126. The van der Waals surface area contributed by atoms with E-state index in [2.05, 4.69) is 0 Å². The molecule has 0 unspecified atom stereocenters. The van der Waals surface area contributed by atoms with E-state index in [0.717, 1.165) is 0 Å². The minimum Gasteiger partial charge on any atom is -2.00 e. The van der Waals surface area contributed by atoms with Crippen LogP contribution in [0.5, 0.6) is 0 Å². The summed E-state index contributed by atoms with van der Waals surface area (Å²) in [6.07, 6.45) is 0. The first-order chi connectivity index (χ1) is 0. The molecule has 0 heterocycles. The van der Waals surface area contributed by atoms with Gasteiger partial charge in [0.25, 0.3) is 0 Å². The summed E-state index contributed by atoms with van der Waals surface area (Å²) in [7, 11) is 0. The maximum Gasteiger partial charge on any atom is 3.00 e. The van der Waals surface area contributed by atoms with Gasteiger partial charge in [-0.25, -0.2) is 0 Å². The topological polar surface area (TPSA) is 28.5 Å². The zero-order valence-corrected chi connectivity index (χ0v) is 5.79. The summed E-state index contributed by atoms with van der Waals surface area (Å²) in [6, 6.07) is 0. The van der Waals surface area contributed by atoms with Crippen molar-refractivity contribution >= 4 is 0 Å². The fourth-order valence-corrected chi connectivity index (χ4v) is 0. The summed E-state index contributed by atoms with van der Waals surface area (Å²) >= 11 is 0. The molecule has 0 rings (SSSR count). The standard InChI is InChI=1S/Au.2Fe.O/q+1;+2;+3;-2. The molecule has 0 amide bonds. The first kappa shape index (κ1) is 42.6. The average Bonchev–Trinajstić information content (AvgIpc) is 0. The van der Waals surface area contributed by atoms with E-state index < -0.39 is 0 Å². The summed E-state index contributed by atoms with van der Waals surface area (Å²) in [5, 5.41) is 0. The molecular formula is AuFe2O+4. The maximum atomic E-state index is 0. The van der Waals surface area contributed by atoms with Gasteiger partial charge in [-0.05, 0) is 0 Å². The van der Waals surface area contributed by atoms with Crippen molar-refractivity contribution < 1.29 is 62.0 Å². The van der Waals surface area contributed by atoms with Crippen molar-refractivity contribution in [1.29, 1.82) is 0 Å². The van der Waals surface area contributed by atoms with Crippen LogP contribution in [0.25, 0.3) is 0 Å². The third-order valence-electron chi connectivity index (χ3n) is 0. The number of hydrogen-bond donors (Lipinski definition) is 0. The molecule has 0 aromatic carbocycles. The van der Waals surface area contributed by atoms with Gasteiger partial charge in [0.05, 0.1) is 0 Å². The molecule has 0 spiro atoms. The third-order valence-corrected chi connectivity index (χ3v) is 0. The molecule has 0 aliphatic heterocycles. The van der Waals surface area contributed by atoms with E-state index in [1.807, 2.05) is 0 Å². The number of rotatable bonds is 0. The Morgan fingerprint density at radius 3 is 1.00 bits per heavy atom. The van der Waals surface area contributed by atoms with Crippen LogP contribution in [0.4, 0.5) is 0 Å². The Kier molecular flexibility index (Phi) is 233. The molecule has 0 aliphatic carbocycles. The Balaban J connectivity index is 0. The fraction of sp³-hybridized carbons (Fsp3) is 0. The van der Waals surface area contributed by atoms with Gasteiger partial charge in [0, 0.05) is 0 Å². The minimum atomic E-state index is 0. The van der Waals surface area contributed by atoms with Gasteiger partial charge in [-0.2, -0.15) is 0 Å². The molecule has 0 N–H and O–H groups in total. The first-order valence-corrected chi connectivity index (χ1v) is 0. The van der Waals surface area contributed by atoms with Crippen LogP contribution in [0.2, 0.25) is 0 Å². The Bertz CT molecular complexity index is 6.00. The SMILES string of the molecule is [Au+].[Fe+2].[Fe+3].[O-2]. The summed E-state index contributed by atoms with van der Waals surface area (Å²) in [5.74, 6) is 0. The van der Waals surface area contributed by atoms with Crippen molar-refractivity contribution in [3.05, 3.63) is 0 Å². The van der Waals surface area contributed by atoms with Crippen molar-refractivity contribution in [3.63, 3.8) is 0 Å². The maximum absolute atomic E-state index is 0. The molecule has 0 atom stereocenters. The van der Waals surface area contributed by atoms with Crippen LogP contribution in [-0.4, -0.2) is 0 Å². The second-order valence-electron chi connectivity index (χ2n) is 0. The molecular weight excluding hydrogens is 325 g/mol. The van der Waals surface area contributed by atoms with Crippen molar-refractivity contribution in [3.8, 4) is 0 Å². The second kappa shape index (κ2) is 21.9. The zero-order chi connectivity index (χ0) is 0. The predicted molar refractivity (Wildman–Crippen MR) is 0.686 cm³/mol. The van der Waals surface area contributed by atoms with Crippen LogP contribution in [0.3, 0.4) is 0 Å². The molecule has 1 nitrogen and oxygen atoms in total. The van der Waals surface area contributed by atoms with Crippen molar-refractivity contribution in [2.45, 2.75) is 0 Å². The van der Waals surface area contributed by atoms with Crippen LogP contribution >= 0.6 is 0 Å². The molecule has 0 saturated heterocycles. The van der Waals surface area contributed by atoms with E-state index in [1.165, 1.54) is 0 Å². The average molecular weight is 325 g/mol. The normalized spacial score (nSPS) is 0. The van der Waals surface area contributed by atoms with E-state index in [9.17, 15) is 0 Å². The molecule has 1 radical (unpaired) electrons. The van der Waals surface area contributed by atoms with Gasteiger partial charge >= 0.3 is 56.5 Å². The molecule has 0 fully saturated rings. The Hall–Kier alpha value is 1.74. The molecule has 0 aromatic heterocycles. The second-order valence-corrected chi connectivity index (χ2v) is 0. The zero-order valence-electron chi connectivity index (χ0n) is 1.42. The van der Waals surface area contributed by atoms with Crippen LogP contribution in [0, 0.1) is 0 Å². The Morgan fingerprint density at radius 1 is 1.00 bits per heavy atom.